The number of allylic oxidation sites excluding steroid dienone is 2. The summed E-state index contributed by atoms with van der Waals surface area (Å²) in [4.78, 5) is 39.7. The Labute approximate surface area is 194 Å². The Morgan fingerprint density at radius 1 is 1.12 bits per heavy atom. The van der Waals surface area contributed by atoms with Gasteiger partial charge in [-0.25, -0.2) is 0 Å². The molecule has 3 saturated carbocycles. The first kappa shape index (κ1) is 23.9. The van der Waals surface area contributed by atoms with E-state index < -0.39 is 24.0 Å². The smallest absolute Gasteiger partial charge is 0.322 e. The minimum absolute atomic E-state index is 0.0799. The second-order valence-corrected chi connectivity index (χ2v) is 10.9. The number of fused-ring (bicyclic) bond motifs is 5. The molecule has 0 radical (unpaired) electrons. The maximum Gasteiger partial charge on any atom is 0.322 e. The van der Waals surface area contributed by atoms with Crippen LogP contribution in [0, 0.1) is 28.6 Å². The van der Waals surface area contributed by atoms with Crippen LogP contribution in [0.15, 0.2) is 16.8 Å². The number of carboxylic acids is 1. The van der Waals surface area contributed by atoms with E-state index in [9.17, 15) is 19.5 Å². The van der Waals surface area contributed by atoms with Crippen molar-refractivity contribution in [1.29, 1.82) is 0 Å². The summed E-state index contributed by atoms with van der Waals surface area (Å²) in [5, 5.41) is 26.3. The molecule has 0 spiro atoms. The summed E-state index contributed by atoms with van der Waals surface area (Å²) < 4.78 is 0. The maximum absolute atomic E-state index is 12.4. The highest BCUT2D eigenvalue weighted by Crippen LogP contribution is 2.67. The van der Waals surface area contributed by atoms with Crippen molar-refractivity contribution in [2.75, 3.05) is 13.2 Å². The van der Waals surface area contributed by atoms with Crippen LogP contribution in [0.5, 0.6) is 0 Å². The van der Waals surface area contributed by atoms with E-state index in [1.54, 1.807) is 6.92 Å². The van der Waals surface area contributed by atoms with E-state index in [0.717, 1.165) is 50.7 Å². The number of rotatable bonds is 6. The number of carbonyl (C=O) groups excluding carboxylic acids is 2. The molecule has 3 N–H and O–H groups in total. The fourth-order valence-corrected chi connectivity index (χ4v) is 7.64. The van der Waals surface area contributed by atoms with Crippen molar-refractivity contribution in [1.82, 2.24) is 5.32 Å². The maximum atomic E-state index is 12.4. The van der Waals surface area contributed by atoms with Crippen LogP contribution < -0.4 is 5.32 Å². The highest BCUT2D eigenvalue weighted by atomic mass is 16.6. The predicted octanol–water partition coefficient (Wildman–Crippen LogP) is 2.84. The number of carboxylic acid groups (broad SMARTS) is 1. The van der Waals surface area contributed by atoms with E-state index in [1.165, 1.54) is 5.57 Å². The van der Waals surface area contributed by atoms with Crippen molar-refractivity contribution in [2.24, 2.45) is 33.7 Å². The highest BCUT2D eigenvalue weighted by Gasteiger charge is 2.65. The van der Waals surface area contributed by atoms with E-state index in [0.29, 0.717) is 24.2 Å². The zero-order valence-electron chi connectivity index (χ0n) is 19.9. The molecule has 0 aromatic rings. The standard InChI is InChI=1S/C25H36N2O6/c1-15(28)25(32)11-8-20-18-5-4-16-12-17(27-33-14-21(29)26-13-22(30)31)6-9-23(16,2)19(18)7-10-24(20,25)3/h12,18-20,32H,4-11,13-14H2,1-3H3,(H,26,29)(H,30,31). The van der Waals surface area contributed by atoms with Crippen molar-refractivity contribution in [3.8, 4) is 0 Å². The highest BCUT2D eigenvalue weighted by molar-refractivity contribution is 5.96. The zero-order valence-corrected chi connectivity index (χ0v) is 19.9. The lowest BCUT2D eigenvalue weighted by atomic mass is 9.46. The molecule has 6 atom stereocenters. The number of Topliss-reactive ketones (excluding diaryl/α,β-unsaturated/α-hetero) is 1. The second kappa shape index (κ2) is 8.53. The second-order valence-electron chi connectivity index (χ2n) is 10.9. The fourth-order valence-electron chi connectivity index (χ4n) is 7.64. The average molecular weight is 461 g/mol. The molecule has 0 aromatic carbocycles. The van der Waals surface area contributed by atoms with E-state index >= 15 is 0 Å². The number of nitrogens with zero attached hydrogens (tertiary/aromatic N) is 1. The SMILES string of the molecule is CC(=O)C1(O)CCC2C3CCC4=CC(=NOCC(=O)NCC(=O)O)CCC4(C)C3CCC21C. The van der Waals surface area contributed by atoms with Gasteiger partial charge in [0.05, 0.1) is 5.71 Å². The van der Waals surface area contributed by atoms with E-state index in [2.05, 4.69) is 30.4 Å². The number of ketones is 1. The lowest BCUT2D eigenvalue weighted by Crippen LogP contribution is -2.57. The minimum atomic E-state index is -1.18. The number of amides is 1. The largest absolute Gasteiger partial charge is 0.480 e. The van der Waals surface area contributed by atoms with Crippen LogP contribution in [0.4, 0.5) is 0 Å². The molecule has 4 aliphatic rings. The van der Waals surface area contributed by atoms with Gasteiger partial charge in [0.1, 0.15) is 12.1 Å². The molecule has 8 heteroatoms. The number of carbonyl (C=O) groups is 3. The molecule has 0 heterocycles. The quantitative estimate of drug-likeness (QED) is 0.524. The number of oxime groups is 1. The summed E-state index contributed by atoms with van der Waals surface area (Å²) in [5.74, 6) is -0.257. The molecule has 0 saturated heterocycles. The van der Waals surface area contributed by atoms with Gasteiger partial charge in [-0.3, -0.25) is 14.4 Å². The third-order valence-corrected chi connectivity index (χ3v) is 9.53. The van der Waals surface area contributed by atoms with Gasteiger partial charge in [-0.1, -0.05) is 24.6 Å². The average Bonchev–Trinajstić information content (AvgIpc) is 3.04. The number of aliphatic carboxylic acids is 1. The van der Waals surface area contributed by atoms with Crippen LogP contribution in [0.1, 0.15) is 72.1 Å². The molecule has 4 aliphatic carbocycles. The molecule has 0 bridgehead atoms. The Morgan fingerprint density at radius 2 is 1.85 bits per heavy atom. The van der Waals surface area contributed by atoms with Crippen LogP contribution in [-0.2, 0) is 19.2 Å². The van der Waals surface area contributed by atoms with Crippen LogP contribution in [0.2, 0.25) is 0 Å². The third-order valence-electron chi connectivity index (χ3n) is 9.53. The molecule has 0 aliphatic heterocycles. The Bertz CT molecular complexity index is 913. The van der Waals surface area contributed by atoms with Crippen LogP contribution >= 0.6 is 0 Å². The monoisotopic (exact) mass is 460 g/mol. The van der Waals surface area contributed by atoms with Gasteiger partial charge in [0, 0.05) is 5.41 Å². The van der Waals surface area contributed by atoms with Gasteiger partial charge in [0.15, 0.2) is 12.4 Å². The first-order valence-corrected chi connectivity index (χ1v) is 12.1. The van der Waals surface area contributed by atoms with Crippen molar-refractivity contribution < 1.29 is 29.4 Å². The van der Waals surface area contributed by atoms with Crippen LogP contribution in [0.3, 0.4) is 0 Å². The fraction of sp³-hybridized carbons (Fsp3) is 0.760. The van der Waals surface area contributed by atoms with E-state index in [-0.39, 0.29) is 23.2 Å². The van der Waals surface area contributed by atoms with Gasteiger partial charge < -0.3 is 20.4 Å². The van der Waals surface area contributed by atoms with Crippen molar-refractivity contribution in [2.45, 2.75) is 77.7 Å². The van der Waals surface area contributed by atoms with Crippen molar-refractivity contribution in [3.63, 3.8) is 0 Å². The normalized spacial score (nSPS) is 40.8. The van der Waals surface area contributed by atoms with Crippen molar-refractivity contribution in [3.05, 3.63) is 11.6 Å². The first-order chi connectivity index (χ1) is 15.5. The Hall–Kier alpha value is -2.22. The van der Waals surface area contributed by atoms with Crippen molar-refractivity contribution >= 4 is 23.4 Å². The number of hydrogen-bond acceptors (Lipinski definition) is 6. The topological polar surface area (TPSA) is 125 Å². The zero-order chi connectivity index (χ0) is 24.0. The molecular weight excluding hydrogens is 424 g/mol. The number of aliphatic hydroxyl groups is 1. The molecule has 4 rings (SSSR count). The van der Waals surface area contributed by atoms with Gasteiger partial charge in [0.25, 0.3) is 5.91 Å². The van der Waals surface area contributed by atoms with Gasteiger partial charge in [-0.05, 0) is 87.5 Å². The summed E-state index contributed by atoms with van der Waals surface area (Å²) in [5.41, 5.74) is 0.781. The molecule has 0 aromatic heterocycles. The predicted molar refractivity (Wildman–Crippen MR) is 121 cm³/mol. The van der Waals surface area contributed by atoms with Gasteiger partial charge in [-0.15, -0.1) is 0 Å². The lowest BCUT2D eigenvalue weighted by Gasteiger charge is -2.59. The van der Waals surface area contributed by atoms with Gasteiger partial charge >= 0.3 is 5.97 Å². The summed E-state index contributed by atoms with van der Waals surface area (Å²) in [6, 6.07) is 0. The Morgan fingerprint density at radius 3 is 2.55 bits per heavy atom. The molecule has 182 valence electrons. The van der Waals surface area contributed by atoms with Gasteiger partial charge in [0.2, 0.25) is 0 Å². The van der Waals surface area contributed by atoms with Crippen LogP contribution in [-0.4, -0.2) is 52.3 Å². The molecule has 33 heavy (non-hydrogen) atoms. The minimum Gasteiger partial charge on any atom is -0.480 e. The Balaban J connectivity index is 1.45. The molecule has 3 fully saturated rings. The summed E-state index contributed by atoms with van der Waals surface area (Å²) >= 11 is 0. The number of hydrogen-bond donors (Lipinski definition) is 3. The molecular formula is C25H36N2O6. The molecule has 8 nitrogen and oxygen atoms in total. The summed E-state index contributed by atoms with van der Waals surface area (Å²) in [7, 11) is 0. The lowest BCUT2D eigenvalue weighted by molar-refractivity contribution is -0.159. The number of nitrogens with one attached hydrogen (secondary N) is 1. The summed E-state index contributed by atoms with van der Waals surface area (Å²) in [6.07, 6.45) is 9.30. The summed E-state index contributed by atoms with van der Waals surface area (Å²) in [6.45, 7) is 5.31. The van der Waals surface area contributed by atoms with Gasteiger partial charge in [-0.2, -0.15) is 0 Å². The van der Waals surface area contributed by atoms with E-state index in [1.807, 2.05) is 0 Å². The van der Waals surface area contributed by atoms with Crippen LogP contribution in [0.25, 0.3) is 0 Å². The first-order valence-electron chi connectivity index (χ1n) is 12.1. The third kappa shape index (κ3) is 3.90. The van der Waals surface area contributed by atoms with E-state index in [4.69, 9.17) is 9.94 Å². The Kier molecular flexibility index (Phi) is 6.18. The molecule has 1 amide bonds. The molecule has 6 unspecified atom stereocenters.